The summed E-state index contributed by atoms with van der Waals surface area (Å²) in [5, 5.41) is 12.9. The van der Waals surface area contributed by atoms with Crippen molar-refractivity contribution >= 4 is 11.7 Å². The van der Waals surface area contributed by atoms with Crippen molar-refractivity contribution in [3.63, 3.8) is 0 Å². The highest BCUT2D eigenvalue weighted by Crippen LogP contribution is 2.38. The van der Waals surface area contributed by atoms with E-state index >= 15 is 0 Å². The SMILES string of the molecule is Cc1cccc(CN2CCC(C(=O)Nc3ccccn3)(c3ccc(-c4cccc(O)c4)cc3)CC2)n1. The van der Waals surface area contributed by atoms with E-state index < -0.39 is 5.41 Å². The Bertz CT molecular complexity index is 1330. The number of benzene rings is 2. The van der Waals surface area contributed by atoms with Gasteiger partial charge in [0.05, 0.1) is 11.1 Å². The Balaban J connectivity index is 1.40. The molecule has 2 aromatic heterocycles. The van der Waals surface area contributed by atoms with Crippen molar-refractivity contribution in [2.24, 2.45) is 0 Å². The first kappa shape index (κ1) is 23.7. The predicted molar refractivity (Wildman–Crippen MR) is 142 cm³/mol. The third-order valence-electron chi connectivity index (χ3n) is 7.00. The van der Waals surface area contributed by atoms with Crippen LogP contribution in [0.25, 0.3) is 11.1 Å². The minimum Gasteiger partial charge on any atom is -0.508 e. The van der Waals surface area contributed by atoms with Crippen LogP contribution in [0.3, 0.4) is 0 Å². The zero-order valence-corrected chi connectivity index (χ0v) is 20.4. The number of phenolic OH excluding ortho intramolecular Hbond substituents is 1. The number of nitrogens with zero attached hydrogens (tertiary/aromatic N) is 3. The van der Waals surface area contributed by atoms with Crippen LogP contribution in [-0.4, -0.2) is 39.0 Å². The third-order valence-corrected chi connectivity index (χ3v) is 7.00. The maximum Gasteiger partial charge on any atom is 0.236 e. The van der Waals surface area contributed by atoms with Crippen LogP contribution in [0, 0.1) is 6.92 Å². The molecule has 4 aromatic rings. The molecule has 1 aliphatic heterocycles. The fraction of sp³-hybridized carbons (Fsp3) is 0.233. The molecule has 0 bridgehead atoms. The minimum absolute atomic E-state index is 0.0281. The molecule has 6 heteroatoms. The number of aromatic hydroxyl groups is 1. The summed E-state index contributed by atoms with van der Waals surface area (Å²) in [6.45, 7) is 4.36. The fourth-order valence-electron chi connectivity index (χ4n) is 5.00. The van der Waals surface area contributed by atoms with Crippen LogP contribution >= 0.6 is 0 Å². The smallest absolute Gasteiger partial charge is 0.236 e. The molecule has 0 spiro atoms. The van der Waals surface area contributed by atoms with E-state index in [1.807, 2.05) is 61.5 Å². The largest absolute Gasteiger partial charge is 0.508 e. The molecule has 0 aliphatic carbocycles. The van der Waals surface area contributed by atoms with E-state index in [4.69, 9.17) is 0 Å². The number of anilines is 1. The van der Waals surface area contributed by atoms with E-state index in [9.17, 15) is 9.90 Å². The number of carbonyl (C=O) groups excluding carboxylic acids is 1. The molecule has 0 unspecified atom stereocenters. The van der Waals surface area contributed by atoms with Crippen molar-refractivity contribution in [3.8, 4) is 16.9 Å². The van der Waals surface area contributed by atoms with Gasteiger partial charge in [-0.2, -0.15) is 0 Å². The normalized spacial score (nSPS) is 15.4. The highest BCUT2D eigenvalue weighted by Gasteiger charge is 2.43. The van der Waals surface area contributed by atoms with Crippen LogP contribution in [0.2, 0.25) is 0 Å². The maximum atomic E-state index is 13.8. The molecule has 182 valence electrons. The molecule has 0 radical (unpaired) electrons. The lowest BCUT2D eigenvalue weighted by Crippen LogP contribution is -2.49. The molecule has 36 heavy (non-hydrogen) atoms. The summed E-state index contributed by atoms with van der Waals surface area (Å²) in [6, 6.07) is 27.0. The van der Waals surface area contributed by atoms with Crippen molar-refractivity contribution in [1.29, 1.82) is 0 Å². The summed E-state index contributed by atoms with van der Waals surface area (Å²) in [5.74, 6) is 0.766. The lowest BCUT2D eigenvalue weighted by atomic mass is 9.71. The number of pyridine rings is 2. The quantitative estimate of drug-likeness (QED) is 0.392. The Morgan fingerprint density at radius 1 is 0.944 bits per heavy atom. The maximum absolute atomic E-state index is 13.8. The van der Waals surface area contributed by atoms with E-state index in [1.165, 1.54) is 0 Å². The van der Waals surface area contributed by atoms with Gasteiger partial charge in [0.25, 0.3) is 0 Å². The number of likely N-dealkylation sites (tertiary alicyclic amines) is 1. The minimum atomic E-state index is -0.661. The molecule has 2 N–H and O–H groups in total. The van der Waals surface area contributed by atoms with E-state index in [-0.39, 0.29) is 11.7 Å². The van der Waals surface area contributed by atoms with Crippen molar-refractivity contribution in [3.05, 3.63) is 108 Å². The molecule has 1 saturated heterocycles. The zero-order valence-electron chi connectivity index (χ0n) is 20.4. The second-order valence-electron chi connectivity index (χ2n) is 9.43. The van der Waals surface area contributed by atoms with Gasteiger partial charge in [0, 0.05) is 18.4 Å². The van der Waals surface area contributed by atoms with E-state index in [0.717, 1.165) is 47.7 Å². The highest BCUT2D eigenvalue weighted by molar-refractivity contribution is 5.98. The summed E-state index contributed by atoms with van der Waals surface area (Å²) >= 11 is 0. The second-order valence-corrected chi connectivity index (χ2v) is 9.43. The predicted octanol–water partition coefficient (Wildman–Crippen LogP) is 5.33. The van der Waals surface area contributed by atoms with Crippen molar-refractivity contribution in [2.45, 2.75) is 31.7 Å². The molecular formula is C30H30N4O2. The monoisotopic (exact) mass is 478 g/mol. The molecule has 6 nitrogen and oxygen atoms in total. The number of carbonyl (C=O) groups is 1. The molecule has 0 atom stereocenters. The van der Waals surface area contributed by atoms with Gasteiger partial charge in [0.15, 0.2) is 0 Å². The second kappa shape index (κ2) is 10.3. The van der Waals surface area contributed by atoms with Gasteiger partial charge < -0.3 is 10.4 Å². The molecule has 1 fully saturated rings. The highest BCUT2D eigenvalue weighted by atomic mass is 16.3. The third kappa shape index (κ3) is 5.14. The van der Waals surface area contributed by atoms with E-state index in [0.29, 0.717) is 18.7 Å². The number of amides is 1. The first-order chi connectivity index (χ1) is 17.5. The number of aromatic nitrogens is 2. The topological polar surface area (TPSA) is 78.4 Å². The number of aryl methyl sites for hydroxylation is 1. The van der Waals surface area contributed by atoms with Gasteiger partial charge in [-0.3, -0.25) is 14.7 Å². The molecular weight excluding hydrogens is 448 g/mol. The molecule has 5 rings (SSSR count). The van der Waals surface area contributed by atoms with E-state index in [1.54, 1.807) is 18.3 Å². The standard InChI is InChI=1S/C30H30N4O2/c1-22-6-4-8-26(32-22)21-34-18-15-30(16-19-34,29(36)33-28-10-2-3-17-31-28)25-13-11-23(12-14-25)24-7-5-9-27(35)20-24/h2-14,17,20,35H,15-16,18-19,21H2,1H3,(H,31,33,36). The Morgan fingerprint density at radius 2 is 1.72 bits per heavy atom. The van der Waals surface area contributed by atoms with Gasteiger partial charge in [0.2, 0.25) is 5.91 Å². The molecule has 3 heterocycles. The molecule has 0 saturated carbocycles. The van der Waals surface area contributed by atoms with Crippen LogP contribution in [-0.2, 0) is 16.8 Å². The molecule has 1 amide bonds. The average molecular weight is 479 g/mol. The van der Waals surface area contributed by atoms with Crippen LogP contribution in [0.15, 0.2) is 91.1 Å². The lowest BCUT2D eigenvalue weighted by molar-refractivity contribution is -0.123. The summed E-state index contributed by atoms with van der Waals surface area (Å²) < 4.78 is 0. The van der Waals surface area contributed by atoms with Crippen molar-refractivity contribution in [1.82, 2.24) is 14.9 Å². The van der Waals surface area contributed by atoms with Crippen molar-refractivity contribution in [2.75, 3.05) is 18.4 Å². The van der Waals surface area contributed by atoms with Crippen LogP contribution in [0.5, 0.6) is 5.75 Å². The Morgan fingerprint density at radius 3 is 2.42 bits per heavy atom. The number of hydrogen-bond donors (Lipinski definition) is 2. The Labute approximate surface area is 211 Å². The van der Waals surface area contributed by atoms with Gasteiger partial charge in [-0.05, 0) is 85.9 Å². The summed E-state index contributed by atoms with van der Waals surface area (Å²) in [6.07, 6.45) is 3.08. The lowest BCUT2D eigenvalue weighted by Gasteiger charge is -2.41. The number of piperidine rings is 1. The summed E-state index contributed by atoms with van der Waals surface area (Å²) in [7, 11) is 0. The Hall–Kier alpha value is -4.03. The number of nitrogens with one attached hydrogen (secondary N) is 1. The summed E-state index contributed by atoms with van der Waals surface area (Å²) in [5.41, 5.74) is 4.34. The van der Waals surface area contributed by atoms with Crippen LogP contribution < -0.4 is 5.32 Å². The first-order valence-corrected chi connectivity index (χ1v) is 12.3. The summed E-state index contributed by atoms with van der Waals surface area (Å²) in [4.78, 5) is 25.1. The Kier molecular flexibility index (Phi) is 6.78. The van der Waals surface area contributed by atoms with Crippen LogP contribution in [0.1, 0.15) is 29.8 Å². The van der Waals surface area contributed by atoms with Gasteiger partial charge in [-0.15, -0.1) is 0 Å². The molecule has 2 aromatic carbocycles. The average Bonchev–Trinajstić information content (AvgIpc) is 2.90. The van der Waals surface area contributed by atoms with Crippen molar-refractivity contribution < 1.29 is 9.90 Å². The van der Waals surface area contributed by atoms with Gasteiger partial charge >= 0.3 is 0 Å². The number of rotatable bonds is 6. The van der Waals surface area contributed by atoms with Gasteiger partial charge in [0.1, 0.15) is 11.6 Å². The zero-order chi connectivity index (χ0) is 25.0. The first-order valence-electron chi connectivity index (χ1n) is 12.3. The van der Waals surface area contributed by atoms with Crippen LogP contribution in [0.4, 0.5) is 5.82 Å². The van der Waals surface area contributed by atoms with E-state index in [2.05, 4.69) is 38.4 Å². The number of hydrogen-bond acceptors (Lipinski definition) is 5. The number of phenols is 1. The van der Waals surface area contributed by atoms with Gasteiger partial charge in [-0.1, -0.05) is 48.5 Å². The molecule has 1 aliphatic rings. The fourth-order valence-corrected chi connectivity index (χ4v) is 5.00. The van der Waals surface area contributed by atoms with Gasteiger partial charge in [-0.25, -0.2) is 4.98 Å².